The molecule has 2 atom stereocenters. The van der Waals surface area contributed by atoms with Crippen LogP contribution in [0.25, 0.3) is 0 Å². The van der Waals surface area contributed by atoms with Crippen LogP contribution in [0.4, 0.5) is 0 Å². The number of rotatable bonds is 7. The van der Waals surface area contributed by atoms with Crippen molar-refractivity contribution in [1.29, 1.82) is 0 Å². The third-order valence-electron chi connectivity index (χ3n) is 3.79. The predicted molar refractivity (Wildman–Crippen MR) is 95.4 cm³/mol. The van der Waals surface area contributed by atoms with Crippen molar-refractivity contribution in [2.75, 3.05) is 6.61 Å². The average Bonchev–Trinajstić information content (AvgIpc) is 2.57. The number of hydrogen-bond donors (Lipinski definition) is 1. The van der Waals surface area contributed by atoms with Gasteiger partial charge in [0.15, 0.2) is 11.5 Å². The number of para-hydroxylation sites is 2. The zero-order chi connectivity index (χ0) is 17.4. The number of carbonyl (C=O) groups is 1. The Bertz CT molecular complexity index is 606. The lowest BCUT2D eigenvalue weighted by Gasteiger charge is -2.24. The molecule has 0 radical (unpaired) electrons. The van der Waals surface area contributed by atoms with Crippen molar-refractivity contribution < 1.29 is 14.3 Å². The molecule has 1 N–H and O–H groups in total. The number of nitrogens with zero attached hydrogens (tertiary/aromatic N) is 1. The highest BCUT2D eigenvalue weighted by Crippen LogP contribution is 2.30. The Balaban J connectivity index is 1.71. The van der Waals surface area contributed by atoms with Crippen LogP contribution in [0.15, 0.2) is 41.0 Å². The second-order valence-corrected chi connectivity index (χ2v) is 6.35. The summed E-state index contributed by atoms with van der Waals surface area (Å²) in [6.45, 7) is 6.59. The largest absolute Gasteiger partial charge is 0.485 e. The van der Waals surface area contributed by atoms with Crippen molar-refractivity contribution in [1.82, 2.24) is 5.43 Å². The molecule has 0 spiro atoms. The Hall–Kier alpha value is -2.30. The van der Waals surface area contributed by atoms with E-state index in [2.05, 4.69) is 37.4 Å². The fourth-order valence-electron chi connectivity index (χ4n) is 2.34. The van der Waals surface area contributed by atoms with Gasteiger partial charge in [-0.15, -0.1) is 0 Å². The first-order valence-electron chi connectivity index (χ1n) is 8.39. The first kappa shape index (κ1) is 18.0. The highest BCUT2D eigenvalue weighted by Gasteiger charge is 2.26. The van der Waals surface area contributed by atoms with Gasteiger partial charge in [-0.2, -0.15) is 5.10 Å². The molecule has 1 heterocycles. The second kappa shape index (κ2) is 9.11. The Morgan fingerprint density at radius 2 is 2.12 bits per heavy atom. The third kappa shape index (κ3) is 5.72. The first-order chi connectivity index (χ1) is 11.6. The lowest BCUT2D eigenvalue weighted by atomic mass is 10.0. The molecule has 0 saturated heterocycles. The molecule has 0 saturated carbocycles. The van der Waals surface area contributed by atoms with E-state index in [4.69, 9.17) is 9.47 Å². The maximum absolute atomic E-state index is 12.1. The Morgan fingerprint density at radius 3 is 2.88 bits per heavy atom. The summed E-state index contributed by atoms with van der Waals surface area (Å²) < 4.78 is 11.2. The van der Waals surface area contributed by atoms with E-state index in [9.17, 15) is 4.79 Å². The van der Waals surface area contributed by atoms with Gasteiger partial charge in [0.05, 0.1) is 0 Å². The van der Waals surface area contributed by atoms with Crippen LogP contribution < -0.4 is 14.9 Å². The summed E-state index contributed by atoms with van der Waals surface area (Å²) in [5.41, 5.74) is 3.87. The van der Waals surface area contributed by atoms with Crippen LogP contribution >= 0.6 is 0 Å². The lowest BCUT2D eigenvalue weighted by Crippen LogP contribution is -2.42. The standard InChI is InChI=1S/C19H26N2O3/c1-14(2)7-6-8-15(3)11-12-20-21-19(22)18-13-23-16-9-4-5-10-17(16)24-18/h4-5,7,9-10,12,15,18H,6,8,11,13H2,1-3H3,(H,21,22)/b20-12-/t15-,18-/m1/s1. The number of carbonyl (C=O) groups excluding carboxylic acids is 1. The van der Waals surface area contributed by atoms with E-state index in [0.29, 0.717) is 17.4 Å². The molecule has 1 aromatic carbocycles. The zero-order valence-electron chi connectivity index (χ0n) is 14.6. The number of ether oxygens (including phenoxy) is 2. The van der Waals surface area contributed by atoms with Crippen LogP contribution in [-0.2, 0) is 4.79 Å². The topological polar surface area (TPSA) is 59.9 Å². The van der Waals surface area contributed by atoms with Gasteiger partial charge in [-0.1, -0.05) is 30.7 Å². The van der Waals surface area contributed by atoms with Gasteiger partial charge in [0.2, 0.25) is 6.10 Å². The molecule has 0 aromatic heterocycles. The van der Waals surface area contributed by atoms with E-state index in [0.717, 1.165) is 19.3 Å². The smallest absolute Gasteiger partial charge is 0.284 e. The summed E-state index contributed by atoms with van der Waals surface area (Å²) in [6.07, 6.45) is 6.35. The summed E-state index contributed by atoms with van der Waals surface area (Å²) in [6, 6.07) is 7.31. The average molecular weight is 330 g/mol. The Kier molecular flexibility index (Phi) is 6.85. The van der Waals surface area contributed by atoms with E-state index in [1.54, 1.807) is 12.3 Å². The van der Waals surface area contributed by atoms with Crippen LogP contribution in [-0.4, -0.2) is 24.8 Å². The molecule has 2 rings (SSSR count). The highest BCUT2D eigenvalue weighted by molar-refractivity contribution is 5.82. The van der Waals surface area contributed by atoms with Gasteiger partial charge in [0, 0.05) is 6.21 Å². The van der Waals surface area contributed by atoms with Crippen LogP contribution in [0.3, 0.4) is 0 Å². The summed E-state index contributed by atoms with van der Waals surface area (Å²) in [5, 5.41) is 4.01. The molecule has 1 amide bonds. The van der Waals surface area contributed by atoms with Gasteiger partial charge in [0.25, 0.3) is 5.91 Å². The van der Waals surface area contributed by atoms with E-state index in [-0.39, 0.29) is 12.5 Å². The minimum absolute atomic E-state index is 0.192. The molecule has 5 nitrogen and oxygen atoms in total. The maximum Gasteiger partial charge on any atom is 0.284 e. The fraction of sp³-hybridized carbons (Fsp3) is 0.474. The molecule has 1 aliphatic rings. The summed E-state index contributed by atoms with van der Waals surface area (Å²) in [4.78, 5) is 12.1. The molecule has 1 aliphatic heterocycles. The van der Waals surface area contributed by atoms with Gasteiger partial charge < -0.3 is 9.47 Å². The molecule has 5 heteroatoms. The van der Waals surface area contributed by atoms with E-state index >= 15 is 0 Å². The molecular formula is C19H26N2O3. The van der Waals surface area contributed by atoms with Crippen LogP contribution in [0.1, 0.15) is 40.0 Å². The van der Waals surface area contributed by atoms with Crippen molar-refractivity contribution in [3.8, 4) is 11.5 Å². The summed E-state index contributed by atoms with van der Waals surface area (Å²) >= 11 is 0. The molecule has 0 unspecified atom stereocenters. The molecule has 24 heavy (non-hydrogen) atoms. The van der Waals surface area contributed by atoms with Crippen molar-refractivity contribution in [2.45, 2.75) is 46.1 Å². The van der Waals surface area contributed by atoms with Crippen LogP contribution in [0.5, 0.6) is 11.5 Å². The maximum atomic E-state index is 12.1. The molecule has 130 valence electrons. The second-order valence-electron chi connectivity index (χ2n) is 6.35. The third-order valence-corrected chi connectivity index (χ3v) is 3.79. The van der Waals surface area contributed by atoms with Gasteiger partial charge in [-0.25, -0.2) is 5.43 Å². The number of fused-ring (bicyclic) bond motifs is 1. The van der Waals surface area contributed by atoms with E-state index < -0.39 is 6.10 Å². The van der Waals surface area contributed by atoms with Gasteiger partial charge >= 0.3 is 0 Å². The number of benzene rings is 1. The molecule has 0 bridgehead atoms. The van der Waals surface area contributed by atoms with Crippen LogP contribution in [0.2, 0.25) is 0 Å². The normalized spacial score (nSPS) is 17.4. The molecule has 0 fully saturated rings. The SMILES string of the molecule is CC(C)=CCC[C@@H](C)C/C=N\NC(=O)[C@H]1COc2ccccc2O1. The molecular weight excluding hydrogens is 304 g/mol. The van der Waals surface area contributed by atoms with Crippen molar-refractivity contribution in [2.24, 2.45) is 11.0 Å². The van der Waals surface area contributed by atoms with E-state index in [1.807, 2.05) is 18.2 Å². The van der Waals surface area contributed by atoms with E-state index in [1.165, 1.54) is 5.57 Å². The van der Waals surface area contributed by atoms with Crippen molar-refractivity contribution in [3.63, 3.8) is 0 Å². The first-order valence-corrected chi connectivity index (χ1v) is 8.39. The molecule has 0 aliphatic carbocycles. The lowest BCUT2D eigenvalue weighted by molar-refractivity contribution is -0.130. The van der Waals surface area contributed by atoms with Gasteiger partial charge in [0.1, 0.15) is 6.61 Å². The van der Waals surface area contributed by atoms with Gasteiger partial charge in [-0.05, 0) is 51.2 Å². The summed E-state index contributed by atoms with van der Waals surface area (Å²) in [7, 11) is 0. The predicted octanol–water partition coefficient (Wildman–Crippen LogP) is 3.70. The fourth-order valence-corrected chi connectivity index (χ4v) is 2.34. The number of nitrogens with one attached hydrogen (secondary N) is 1. The minimum Gasteiger partial charge on any atom is -0.485 e. The zero-order valence-corrected chi connectivity index (χ0v) is 14.6. The number of hydrogen-bond acceptors (Lipinski definition) is 4. The van der Waals surface area contributed by atoms with Crippen molar-refractivity contribution in [3.05, 3.63) is 35.9 Å². The highest BCUT2D eigenvalue weighted by atomic mass is 16.6. The number of allylic oxidation sites excluding steroid dienone is 2. The van der Waals surface area contributed by atoms with Gasteiger partial charge in [-0.3, -0.25) is 4.79 Å². The Morgan fingerprint density at radius 1 is 1.38 bits per heavy atom. The summed E-state index contributed by atoms with van der Waals surface area (Å²) in [5.74, 6) is 1.48. The van der Waals surface area contributed by atoms with Crippen molar-refractivity contribution >= 4 is 12.1 Å². The molecule has 1 aromatic rings. The number of hydrazone groups is 1. The van der Waals surface area contributed by atoms with Crippen LogP contribution in [0, 0.1) is 5.92 Å². The monoisotopic (exact) mass is 330 g/mol. The quantitative estimate of drug-likeness (QED) is 0.471. The number of amides is 1. The Labute approximate surface area is 143 Å². The minimum atomic E-state index is -0.674.